The van der Waals surface area contributed by atoms with Gasteiger partial charge in [0.2, 0.25) is 0 Å². The highest BCUT2D eigenvalue weighted by atomic mass is 16.7. The Morgan fingerprint density at radius 1 is 0.791 bits per heavy atom. The van der Waals surface area contributed by atoms with E-state index < -0.39 is 40.4 Å². The molecule has 8 heteroatoms. The summed E-state index contributed by atoms with van der Waals surface area (Å²) in [5.74, 6) is -2.97. The standard InChI is InChI=1S/C35H62O8/c1-10-11-19-22-34(38-24-25-39-34)23-20-17-15-13-12-14-16-18-21-28-27-40-33(8,9)43-35(28,30(37)42-32(5,6)7)26-29(36)41-31(2,3)4/h18,21,28H,10-17,19-20,22-27H2,1-9H3/b21-18+/t28-,35+/m1/s1. The number of carbonyl (C=O) groups excluding carboxylic acids is 2. The Morgan fingerprint density at radius 2 is 1.35 bits per heavy atom. The zero-order valence-electron chi connectivity index (χ0n) is 28.8. The molecule has 8 nitrogen and oxygen atoms in total. The maximum atomic E-state index is 13.7. The molecule has 2 aliphatic rings. The minimum Gasteiger partial charge on any atom is -0.460 e. The Morgan fingerprint density at radius 3 is 1.93 bits per heavy atom. The Hall–Kier alpha value is -1.48. The SMILES string of the molecule is CCCCCC1(CCCCCCCC/C=C/[C@@H]2COC(C)(C)O[C@]2(CC(=O)OC(C)(C)C)C(=O)OC(C)(C)C)OCCO1. The molecule has 2 aliphatic heterocycles. The Kier molecular flexibility index (Phi) is 14.7. The van der Waals surface area contributed by atoms with Crippen LogP contribution in [-0.2, 0) is 38.0 Å². The van der Waals surface area contributed by atoms with E-state index in [0.29, 0.717) is 0 Å². The van der Waals surface area contributed by atoms with E-state index in [1.165, 1.54) is 38.5 Å². The topological polar surface area (TPSA) is 89.5 Å². The first-order chi connectivity index (χ1) is 20.0. The van der Waals surface area contributed by atoms with E-state index in [-0.39, 0.29) is 18.8 Å². The molecule has 2 rings (SSSR count). The number of carbonyl (C=O) groups is 2. The van der Waals surface area contributed by atoms with E-state index in [4.69, 9.17) is 28.4 Å². The molecule has 0 amide bonds. The fourth-order valence-corrected chi connectivity index (χ4v) is 5.75. The molecule has 0 saturated carbocycles. The summed E-state index contributed by atoms with van der Waals surface area (Å²) in [5.41, 5.74) is -2.98. The molecule has 0 aromatic carbocycles. The van der Waals surface area contributed by atoms with E-state index >= 15 is 0 Å². The molecule has 0 radical (unpaired) electrons. The van der Waals surface area contributed by atoms with Crippen molar-refractivity contribution in [3.05, 3.63) is 12.2 Å². The van der Waals surface area contributed by atoms with Gasteiger partial charge in [0.15, 0.2) is 17.2 Å². The van der Waals surface area contributed by atoms with Gasteiger partial charge in [0, 0.05) is 18.8 Å². The number of allylic oxidation sites excluding steroid dienone is 1. The second-order valence-corrected chi connectivity index (χ2v) is 14.7. The number of esters is 2. The van der Waals surface area contributed by atoms with Crippen molar-refractivity contribution < 1.29 is 38.0 Å². The van der Waals surface area contributed by atoms with Crippen molar-refractivity contribution >= 4 is 11.9 Å². The smallest absolute Gasteiger partial charge is 0.340 e. The first kappa shape index (κ1) is 37.7. The van der Waals surface area contributed by atoms with Gasteiger partial charge in [0.1, 0.15) is 11.2 Å². The summed E-state index contributed by atoms with van der Waals surface area (Å²) >= 11 is 0. The number of hydrogen-bond donors (Lipinski definition) is 0. The van der Waals surface area contributed by atoms with Gasteiger partial charge in [-0.2, -0.15) is 0 Å². The Balaban J connectivity index is 1.90. The van der Waals surface area contributed by atoms with Crippen molar-refractivity contribution in [1.29, 1.82) is 0 Å². The molecule has 0 aromatic heterocycles. The molecule has 0 N–H and O–H groups in total. The van der Waals surface area contributed by atoms with Crippen molar-refractivity contribution in [2.75, 3.05) is 19.8 Å². The lowest BCUT2D eigenvalue weighted by Crippen LogP contribution is -2.61. The lowest BCUT2D eigenvalue weighted by Gasteiger charge is -2.47. The molecule has 0 aromatic rings. The van der Waals surface area contributed by atoms with Crippen LogP contribution in [0.4, 0.5) is 0 Å². The van der Waals surface area contributed by atoms with Crippen molar-refractivity contribution in [2.24, 2.45) is 5.92 Å². The number of rotatable bonds is 17. The summed E-state index contributed by atoms with van der Waals surface area (Å²) in [6, 6.07) is 0. The molecule has 2 saturated heterocycles. The van der Waals surface area contributed by atoms with Crippen LogP contribution in [0.25, 0.3) is 0 Å². The van der Waals surface area contributed by atoms with E-state index in [1.807, 2.05) is 26.8 Å². The van der Waals surface area contributed by atoms with Crippen molar-refractivity contribution in [2.45, 2.75) is 174 Å². The lowest BCUT2D eigenvalue weighted by atomic mass is 9.82. The van der Waals surface area contributed by atoms with Crippen LogP contribution in [0.15, 0.2) is 12.2 Å². The quantitative estimate of drug-likeness (QED) is 0.0925. The van der Waals surface area contributed by atoms with Gasteiger partial charge in [-0.1, -0.05) is 57.6 Å². The molecule has 0 aliphatic carbocycles. The van der Waals surface area contributed by atoms with E-state index in [0.717, 1.165) is 51.7 Å². The van der Waals surface area contributed by atoms with Gasteiger partial charge in [-0.25, -0.2) is 4.79 Å². The summed E-state index contributed by atoms with van der Waals surface area (Å²) in [6.07, 6.45) is 17.2. The molecule has 250 valence electrons. The number of ether oxygens (including phenoxy) is 6. The molecule has 0 unspecified atom stereocenters. The molecule has 0 bridgehead atoms. The third-order valence-electron chi connectivity index (χ3n) is 7.73. The van der Waals surface area contributed by atoms with Gasteiger partial charge >= 0.3 is 11.9 Å². The molecular formula is C35H62O8. The summed E-state index contributed by atoms with van der Waals surface area (Å²) in [7, 11) is 0. The van der Waals surface area contributed by atoms with Crippen molar-refractivity contribution in [3.8, 4) is 0 Å². The Bertz CT molecular complexity index is 875. The largest absolute Gasteiger partial charge is 0.460 e. The normalized spacial score (nSPS) is 23.9. The van der Waals surface area contributed by atoms with Crippen molar-refractivity contribution in [3.63, 3.8) is 0 Å². The second-order valence-electron chi connectivity index (χ2n) is 14.7. The van der Waals surface area contributed by atoms with Crippen LogP contribution in [0.3, 0.4) is 0 Å². The van der Waals surface area contributed by atoms with Gasteiger partial charge in [-0.3, -0.25) is 4.79 Å². The van der Waals surface area contributed by atoms with Gasteiger partial charge in [0.25, 0.3) is 0 Å². The van der Waals surface area contributed by atoms with Crippen LogP contribution in [0, 0.1) is 5.92 Å². The van der Waals surface area contributed by atoms with E-state index in [1.54, 1.807) is 34.6 Å². The summed E-state index contributed by atoms with van der Waals surface area (Å²) in [6.45, 7) is 18.2. The fraction of sp³-hybridized carbons (Fsp3) is 0.886. The molecule has 0 spiro atoms. The van der Waals surface area contributed by atoms with E-state index in [9.17, 15) is 9.59 Å². The van der Waals surface area contributed by atoms with Crippen LogP contribution < -0.4 is 0 Å². The third-order valence-corrected chi connectivity index (χ3v) is 7.73. The van der Waals surface area contributed by atoms with Gasteiger partial charge in [-0.15, -0.1) is 0 Å². The monoisotopic (exact) mass is 610 g/mol. The average Bonchev–Trinajstić information content (AvgIpc) is 3.32. The van der Waals surface area contributed by atoms with Gasteiger partial charge in [-0.05, 0) is 81.1 Å². The van der Waals surface area contributed by atoms with Crippen molar-refractivity contribution in [1.82, 2.24) is 0 Å². The van der Waals surface area contributed by atoms with Crippen LogP contribution >= 0.6 is 0 Å². The highest BCUT2D eigenvalue weighted by molar-refractivity contribution is 5.87. The zero-order valence-corrected chi connectivity index (χ0v) is 28.8. The molecule has 2 fully saturated rings. The maximum absolute atomic E-state index is 13.7. The molecule has 43 heavy (non-hydrogen) atoms. The first-order valence-electron chi connectivity index (χ1n) is 16.8. The third kappa shape index (κ3) is 13.6. The van der Waals surface area contributed by atoms with Crippen LogP contribution in [0.2, 0.25) is 0 Å². The predicted octanol–water partition coefficient (Wildman–Crippen LogP) is 8.20. The minimum atomic E-state index is -1.55. The van der Waals surface area contributed by atoms with Crippen LogP contribution in [0.5, 0.6) is 0 Å². The molecule has 2 atom stereocenters. The zero-order chi connectivity index (χ0) is 32.2. The highest BCUT2D eigenvalue weighted by Gasteiger charge is 2.57. The highest BCUT2D eigenvalue weighted by Crippen LogP contribution is 2.41. The molecular weight excluding hydrogens is 548 g/mol. The van der Waals surface area contributed by atoms with Gasteiger partial charge < -0.3 is 28.4 Å². The van der Waals surface area contributed by atoms with Gasteiger partial charge in [0.05, 0.1) is 26.2 Å². The maximum Gasteiger partial charge on any atom is 0.340 e. The average molecular weight is 611 g/mol. The predicted molar refractivity (Wildman–Crippen MR) is 168 cm³/mol. The second kappa shape index (κ2) is 16.7. The van der Waals surface area contributed by atoms with E-state index in [2.05, 4.69) is 13.0 Å². The Labute approximate surface area is 261 Å². The fourth-order valence-electron chi connectivity index (χ4n) is 5.75. The molecule has 2 heterocycles. The summed E-state index contributed by atoms with van der Waals surface area (Å²) in [4.78, 5) is 26.7. The van der Waals surface area contributed by atoms with Crippen LogP contribution in [0.1, 0.15) is 146 Å². The lowest BCUT2D eigenvalue weighted by molar-refractivity contribution is -0.323. The summed E-state index contributed by atoms with van der Waals surface area (Å²) in [5, 5.41) is 0. The number of unbranched alkanes of at least 4 members (excludes halogenated alkanes) is 8. The summed E-state index contributed by atoms with van der Waals surface area (Å²) < 4.78 is 35.7. The minimum absolute atomic E-state index is 0.235. The van der Waals surface area contributed by atoms with Crippen LogP contribution in [-0.4, -0.2) is 60.1 Å². The first-order valence-corrected chi connectivity index (χ1v) is 16.8. The number of hydrogen-bond acceptors (Lipinski definition) is 8.